The molecule has 2 aliphatic heterocycles. The second-order valence-electron chi connectivity index (χ2n) is 7.53. The van der Waals surface area contributed by atoms with E-state index in [1.165, 1.54) is 12.0 Å². The zero-order chi connectivity index (χ0) is 22.2. The zero-order valence-corrected chi connectivity index (χ0v) is 18.0. The third kappa shape index (κ3) is 3.58. The van der Waals surface area contributed by atoms with Crippen molar-refractivity contribution in [2.24, 2.45) is 5.92 Å². The van der Waals surface area contributed by atoms with Crippen molar-refractivity contribution in [3.63, 3.8) is 0 Å². The van der Waals surface area contributed by atoms with Gasteiger partial charge in [-0.15, -0.1) is 11.3 Å². The monoisotopic (exact) mass is 454 g/mol. The topological polar surface area (TPSA) is 101 Å². The summed E-state index contributed by atoms with van der Waals surface area (Å²) in [5, 5.41) is 0.415. The molecule has 2 aliphatic rings. The first-order valence-electron chi connectivity index (χ1n) is 10.1. The Morgan fingerprint density at radius 1 is 1.19 bits per heavy atom. The average molecular weight is 454 g/mol. The quantitative estimate of drug-likeness (QED) is 0.438. The van der Waals surface area contributed by atoms with Crippen molar-refractivity contribution in [2.75, 3.05) is 30.0 Å². The van der Waals surface area contributed by atoms with Crippen LogP contribution in [0.25, 0.3) is 10.6 Å². The maximum absolute atomic E-state index is 14.9. The lowest BCUT2D eigenvalue weighted by molar-refractivity contribution is -0.146. The van der Waals surface area contributed by atoms with Crippen molar-refractivity contribution in [2.45, 2.75) is 19.4 Å². The van der Waals surface area contributed by atoms with Crippen molar-refractivity contribution in [1.82, 2.24) is 19.9 Å². The molecule has 0 aliphatic carbocycles. The number of hydrogen-bond donors (Lipinski definition) is 0. The summed E-state index contributed by atoms with van der Waals surface area (Å²) in [6.07, 6.45) is 4.42. The number of nitrogens with zero attached hydrogens (tertiary/aromatic N) is 6. The minimum atomic E-state index is -0.638. The molecule has 1 amide bonds. The van der Waals surface area contributed by atoms with Gasteiger partial charge >= 0.3 is 5.97 Å². The SMILES string of the molecule is COC(=O)C1CCN(c2ccc(-c3nc4c(s3)C(=O)N(c3ncccn3)C4)c(F)n2)CC1. The first kappa shape index (κ1) is 20.4. The highest BCUT2D eigenvalue weighted by atomic mass is 32.1. The van der Waals surface area contributed by atoms with Crippen LogP contribution in [0.15, 0.2) is 30.6 Å². The highest BCUT2D eigenvalue weighted by molar-refractivity contribution is 7.17. The number of pyridine rings is 1. The number of amides is 1. The van der Waals surface area contributed by atoms with Crippen LogP contribution < -0.4 is 9.80 Å². The summed E-state index contributed by atoms with van der Waals surface area (Å²) in [6.45, 7) is 1.45. The highest BCUT2D eigenvalue weighted by Crippen LogP contribution is 2.36. The van der Waals surface area contributed by atoms with Crippen LogP contribution in [0.5, 0.6) is 0 Å². The van der Waals surface area contributed by atoms with Gasteiger partial charge in [0.2, 0.25) is 11.9 Å². The standard InChI is InChI=1S/C21H19FN6O3S/c1-31-20(30)12-5-9-27(10-6-12)15-4-3-13(17(22)26-15)18-25-14-11-28(19(29)16(14)32-18)21-23-7-2-8-24-21/h2-4,7-8,12H,5-6,9-11H2,1H3. The first-order valence-corrected chi connectivity index (χ1v) is 10.9. The fraction of sp³-hybridized carbons (Fsp3) is 0.333. The van der Waals surface area contributed by atoms with Crippen LogP contribution in [-0.4, -0.2) is 52.0 Å². The summed E-state index contributed by atoms with van der Waals surface area (Å²) in [5.74, 6) is -0.381. The summed E-state index contributed by atoms with van der Waals surface area (Å²) in [7, 11) is 1.39. The second kappa shape index (κ2) is 8.23. The molecular formula is C21H19FN6O3S. The van der Waals surface area contributed by atoms with E-state index in [1.807, 2.05) is 4.90 Å². The predicted molar refractivity (Wildman–Crippen MR) is 115 cm³/mol. The second-order valence-corrected chi connectivity index (χ2v) is 8.53. The number of carbonyl (C=O) groups excluding carboxylic acids is 2. The van der Waals surface area contributed by atoms with Gasteiger partial charge in [-0.25, -0.2) is 19.9 Å². The number of halogens is 1. The molecule has 0 unspecified atom stereocenters. The van der Waals surface area contributed by atoms with E-state index < -0.39 is 5.95 Å². The normalized spacial score (nSPS) is 16.4. The number of hydrogen-bond acceptors (Lipinski definition) is 9. The lowest BCUT2D eigenvalue weighted by Crippen LogP contribution is -2.37. The van der Waals surface area contributed by atoms with E-state index in [9.17, 15) is 14.0 Å². The van der Waals surface area contributed by atoms with Gasteiger partial charge in [0, 0.05) is 25.5 Å². The molecule has 0 spiro atoms. The van der Waals surface area contributed by atoms with Crippen LogP contribution in [0.1, 0.15) is 28.2 Å². The van der Waals surface area contributed by atoms with Gasteiger partial charge in [0.05, 0.1) is 30.8 Å². The van der Waals surface area contributed by atoms with Gasteiger partial charge < -0.3 is 9.64 Å². The van der Waals surface area contributed by atoms with Crippen LogP contribution >= 0.6 is 11.3 Å². The van der Waals surface area contributed by atoms with Gasteiger partial charge in [-0.2, -0.15) is 4.39 Å². The number of thiazole rings is 1. The Kier molecular flexibility index (Phi) is 5.25. The minimum absolute atomic E-state index is 0.128. The van der Waals surface area contributed by atoms with Gasteiger partial charge in [0.15, 0.2) is 0 Å². The molecule has 164 valence electrons. The van der Waals surface area contributed by atoms with E-state index in [-0.39, 0.29) is 29.9 Å². The Bertz CT molecular complexity index is 1180. The first-order chi connectivity index (χ1) is 15.5. The van der Waals surface area contributed by atoms with Gasteiger partial charge in [-0.05, 0) is 31.0 Å². The van der Waals surface area contributed by atoms with Crippen LogP contribution in [0.3, 0.4) is 0 Å². The number of carbonyl (C=O) groups is 2. The van der Waals surface area contributed by atoms with Crippen molar-refractivity contribution >= 4 is 35.0 Å². The number of aromatic nitrogens is 4. The molecule has 11 heteroatoms. The third-order valence-corrected chi connectivity index (χ3v) is 6.78. The van der Waals surface area contributed by atoms with Gasteiger partial charge in [0.1, 0.15) is 15.7 Å². The van der Waals surface area contributed by atoms with Gasteiger partial charge in [0.25, 0.3) is 5.91 Å². The smallest absolute Gasteiger partial charge is 0.308 e. The number of rotatable bonds is 4. The summed E-state index contributed by atoms with van der Waals surface area (Å²) in [5.41, 5.74) is 0.837. The van der Waals surface area contributed by atoms with Crippen LogP contribution in [0.2, 0.25) is 0 Å². The number of methoxy groups -OCH3 is 1. The van der Waals surface area contributed by atoms with E-state index >= 15 is 0 Å². The number of anilines is 2. The molecule has 3 aromatic rings. The number of fused-ring (bicyclic) bond motifs is 1. The number of piperidine rings is 1. The van der Waals surface area contributed by atoms with Crippen LogP contribution in [0.4, 0.5) is 16.2 Å². The van der Waals surface area contributed by atoms with Crippen molar-refractivity contribution in [3.05, 3.63) is 47.1 Å². The molecule has 32 heavy (non-hydrogen) atoms. The van der Waals surface area contributed by atoms with Crippen molar-refractivity contribution < 1.29 is 18.7 Å². The maximum atomic E-state index is 14.9. The lowest BCUT2D eigenvalue weighted by atomic mass is 9.97. The van der Waals surface area contributed by atoms with Gasteiger partial charge in [-0.3, -0.25) is 14.5 Å². The molecule has 5 heterocycles. The summed E-state index contributed by atoms with van der Waals surface area (Å²) in [4.78, 5) is 45.1. The highest BCUT2D eigenvalue weighted by Gasteiger charge is 2.35. The molecule has 0 N–H and O–H groups in total. The Balaban J connectivity index is 1.32. The Morgan fingerprint density at radius 2 is 1.94 bits per heavy atom. The van der Waals surface area contributed by atoms with Gasteiger partial charge in [-0.1, -0.05) is 0 Å². The number of esters is 1. The van der Waals surface area contributed by atoms with E-state index in [2.05, 4.69) is 19.9 Å². The zero-order valence-electron chi connectivity index (χ0n) is 17.2. The largest absolute Gasteiger partial charge is 0.469 e. The molecule has 1 saturated heterocycles. The predicted octanol–water partition coefficient (Wildman–Crippen LogP) is 2.68. The maximum Gasteiger partial charge on any atom is 0.308 e. The molecule has 0 atom stereocenters. The minimum Gasteiger partial charge on any atom is -0.469 e. The molecule has 0 radical (unpaired) electrons. The molecule has 1 fully saturated rings. The van der Waals surface area contributed by atoms with Crippen LogP contribution in [-0.2, 0) is 16.1 Å². The van der Waals surface area contributed by atoms with E-state index in [0.717, 1.165) is 11.3 Å². The summed E-state index contributed by atoms with van der Waals surface area (Å²) >= 11 is 1.14. The lowest BCUT2D eigenvalue weighted by Gasteiger charge is -2.31. The number of ether oxygens (including phenoxy) is 1. The fourth-order valence-electron chi connectivity index (χ4n) is 3.95. The third-order valence-electron chi connectivity index (χ3n) is 5.66. The Labute approximate surface area is 186 Å². The van der Waals surface area contributed by atoms with E-state index in [0.29, 0.717) is 53.3 Å². The summed E-state index contributed by atoms with van der Waals surface area (Å²) < 4.78 is 19.7. The Morgan fingerprint density at radius 3 is 2.59 bits per heavy atom. The molecule has 5 rings (SSSR count). The Hall–Kier alpha value is -3.47. The van der Waals surface area contributed by atoms with Crippen molar-refractivity contribution in [3.8, 4) is 10.6 Å². The summed E-state index contributed by atoms with van der Waals surface area (Å²) in [6, 6.07) is 5.06. The van der Waals surface area contributed by atoms with E-state index in [1.54, 1.807) is 30.6 Å². The van der Waals surface area contributed by atoms with E-state index in [4.69, 9.17) is 4.74 Å². The molecule has 3 aromatic heterocycles. The molecule has 9 nitrogen and oxygen atoms in total. The average Bonchev–Trinajstić information content (AvgIpc) is 3.38. The molecule has 0 saturated carbocycles. The molecule has 0 bridgehead atoms. The fourth-order valence-corrected chi connectivity index (χ4v) is 4.99. The van der Waals surface area contributed by atoms with Crippen molar-refractivity contribution in [1.29, 1.82) is 0 Å². The molecule has 0 aromatic carbocycles. The molecular weight excluding hydrogens is 435 g/mol. The van der Waals surface area contributed by atoms with Crippen LogP contribution in [0, 0.1) is 11.9 Å².